The van der Waals surface area contributed by atoms with Crippen molar-refractivity contribution < 1.29 is 17.7 Å². The minimum absolute atomic E-state index is 0.117. The van der Waals surface area contributed by atoms with Crippen molar-refractivity contribution >= 4 is 15.7 Å². The minimum Gasteiger partial charge on any atom is -0.329 e. The highest BCUT2D eigenvalue weighted by Crippen LogP contribution is 2.39. The van der Waals surface area contributed by atoms with E-state index in [2.05, 4.69) is 4.72 Å². The number of nitrogens with two attached hydrogens (primary N) is 1. The van der Waals surface area contributed by atoms with Crippen LogP contribution in [0.3, 0.4) is 0 Å². The molecule has 1 saturated carbocycles. The lowest BCUT2D eigenvalue weighted by atomic mass is 9.98. The van der Waals surface area contributed by atoms with Crippen molar-refractivity contribution in [2.75, 3.05) is 6.54 Å². The van der Waals surface area contributed by atoms with Gasteiger partial charge in [0.2, 0.25) is 15.8 Å². The van der Waals surface area contributed by atoms with E-state index in [1.807, 2.05) is 0 Å². The molecule has 2 rings (SSSR count). The number of nitrogens with zero attached hydrogens (tertiary/aromatic N) is 1. The van der Waals surface area contributed by atoms with Crippen LogP contribution in [0.15, 0.2) is 23.1 Å². The molecule has 0 heterocycles. The zero-order valence-corrected chi connectivity index (χ0v) is 12.2. The van der Waals surface area contributed by atoms with E-state index < -0.39 is 32.0 Å². The van der Waals surface area contributed by atoms with Gasteiger partial charge >= 0.3 is 5.69 Å². The van der Waals surface area contributed by atoms with Crippen molar-refractivity contribution in [3.8, 4) is 0 Å². The van der Waals surface area contributed by atoms with Crippen molar-refractivity contribution in [2.24, 2.45) is 11.7 Å². The smallest absolute Gasteiger partial charge is 0.304 e. The molecule has 0 radical (unpaired) electrons. The molecule has 0 bridgehead atoms. The lowest BCUT2D eigenvalue weighted by Gasteiger charge is -2.29. The second kappa shape index (κ2) is 5.32. The highest BCUT2D eigenvalue weighted by molar-refractivity contribution is 7.89. The van der Waals surface area contributed by atoms with Gasteiger partial charge in [-0.05, 0) is 31.7 Å². The fourth-order valence-electron chi connectivity index (χ4n) is 2.18. The minimum atomic E-state index is -3.99. The maximum absolute atomic E-state index is 13.6. The summed E-state index contributed by atoms with van der Waals surface area (Å²) in [5.41, 5.74) is 4.08. The number of nitro benzene ring substituents is 1. The predicted octanol–water partition coefficient (Wildman–Crippen LogP) is 1.14. The van der Waals surface area contributed by atoms with Crippen LogP contribution in [0.5, 0.6) is 0 Å². The van der Waals surface area contributed by atoms with Crippen LogP contribution < -0.4 is 10.5 Å². The van der Waals surface area contributed by atoms with Gasteiger partial charge in [0.15, 0.2) is 0 Å². The van der Waals surface area contributed by atoms with Gasteiger partial charge < -0.3 is 5.73 Å². The summed E-state index contributed by atoms with van der Waals surface area (Å²) in [4.78, 5) is 9.27. The average Bonchev–Trinajstić information content (AvgIpc) is 3.22. The summed E-state index contributed by atoms with van der Waals surface area (Å²) < 4.78 is 40.6. The first-order chi connectivity index (χ1) is 9.69. The molecule has 1 atom stereocenters. The summed E-state index contributed by atoms with van der Waals surface area (Å²) in [5.74, 6) is -1.04. The van der Waals surface area contributed by atoms with Gasteiger partial charge in [-0.15, -0.1) is 0 Å². The van der Waals surface area contributed by atoms with Gasteiger partial charge in [-0.2, -0.15) is 4.39 Å². The standard InChI is InChI=1S/C12H16FN3O4S/c1-12(7-14,8-2-3-8)15-21(19,20)9-4-5-11(16(17)18)10(13)6-9/h4-6,8,15H,2-3,7,14H2,1H3. The zero-order valence-electron chi connectivity index (χ0n) is 11.4. The Morgan fingerprint density at radius 3 is 2.57 bits per heavy atom. The van der Waals surface area contributed by atoms with Gasteiger partial charge in [0, 0.05) is 24.2 Å². The highest BCUT2D eigenvalue weighted by Gasteiger charge is 2.43. The topological polar surface area (TPSA) is 115 Å². The van der Waals surface area contributed by atoms with Crippen molar-refractivity contribution in [1.29, 1.82) is 0 Å². The third-order valence-corrected chi connectivity index (χ3v) is 5.31. The van der Waals surface area contributed by atoms with Crippen LogP contribution in [0.1, 0.15) is 19.8 Å². The number of hydrogen-bond donors (Lipinski definition) is 2. The first kappa shape index (κ1) is 15.8. The third kappa shape index (κ3) is 3.20. The Labute approximate surface area is 121 Å². The summed E-state index contributed by atoms with van der Waals surface area (Å²) in [6, 6.07) is 2.48. The molecule has 116 valence electrons. The van der Waals surface area contributed by atoms with E-state index in [0.29, 0.717) is 6.07 Å². The number of sulfonamides is 1. The van der Waals surface area contributed by atoms with Gasteiger partial charge in [-0.25, -0.2) is 13.1 Å². The van der Waals surface area contributed by atoms with E-state index in [1.165, 1.54) is 0 Å². The molecule has 3 N–H and O–H groups in total. The van der Waals surface area contributed by atoms with E-state index in [-0.39, 0.29) is 17.4 Å². The maximum Gasteiger partial charge on any atom is 0.304 e. The molecule has 21 heavy (non-hydrogen) atoms. The molecule has 9 heteroatoms. The molecule has 0 spiro atoms. The summed E-state index contributed by atoms with van der Waals surface area (Å²) in [6.07, 6.45) is 1.76. The van der Waals surface area contributed by atoms with Gasteiger partial charge in [0.1, 0.15) is 0 Å². The maximum atomic E-state index is 13.6. The Morgan fingerprint density at radius 2 is 2.14 bits per heavy atom. The van der Waals surface area contributed by atoms with Crippen molar-refractivity contribution in [2.45, 2.75) is 30.2 Å². The quantitative estimate of drug-likeness (QED) is 0.603. The molecule has 1 aliphatic rings. The van der Waals surface area contributed by atoms with E-state index in [1.54, 1.807) is 6.92 Å². The molecule has 0 aromatic heterocycles. The molecule has 1 aromatic carbocycles. The lowest BCUT2D eigenvalue weighted by Crippen LogP contribution is -2.52. The molecule has 1 fully saturated rings. The van der Waals surface area contributed by atoms with Crippen LogP contribution in [0, 0.1) is 21.8 Å². The highest BCUT2D eigenvalue weighted by atomic mass is 32.2. The molecular weight excluding hydrogens is 301 g/mol. The Morgan fingerprint density at radius 1 is 1.52 bits per heavy atom. The van der Waals surface area contributed by atoms with Crippen molar-refractivity contribution in [1.82, 2.24) is 4.72 Å². The molecule has 7 nitrogen and oxygen atoms in total. The molecular formula is C12H16FN3O4S. The van der Waals surface area contributed by atoms with E-state index in [4.69, 9.17) is 5.73 Å². The van der Waals surface area contributed by atoms with Gasteiger partial charge in [-0.3, -0.25) is 10.1 Å². The Balaban J connectivity index is 2.31. The molecule has 0 amide bonds. The Kier molecular flexibility index (Phi) is 4.00. The normalized spacial score (nSPS) is 18.2. The molecule has 0 aliphatic heterocycles. The lowest BCUT2D eigenvalue weighted by molar-refractivity contribution is -0.387. The Bertz CT molecular complexity index is 675. The molecule has 1 aliphatic carbocycles. The predicted molar refractivity (Wildman–Crippen MR) is 73.6 cm³/mol. The fourth-order valence-corrected chi connectivity index (χ4v) is 3.67. The Hall–Kier alpha value is -1.58. The van der Waals surface area contributed by atoms with Gasteiger partial charge in [0.25, 0.3) is 0 Å². The second-order valence-electron chi connectivity index (χ2n) is 5.37. The van der Waals surface area contributed by atoms with E-state index in [0.717, 1.165) is 25.0 Å². The van der Waals surface area contributed by atoms with Crippen LogP contribution in [0.2, 0.25) is 0 Å². The van der Waals surface area contributed by atoms with Crippen LogP contribution in [0.25, 0.3) is 0 Å². The SMILES string of the molecule is CC(CN)(NS(=O)(=O)c1ccc([N+](=O)[O-])c(F)c1)C1CC1. The number of nitrogens with one attached hydrogen (secondary N) is 1. The fraction of sp³-hybridized carbons (Fsp3) is 0.500. The van der Waals surface area contributed by atoms with Crippen LogP contribution in [0.4, 0.5) is 10.1 Å². The summed E-state index contributed by atoms with van der Waals surface area (Å²) in [7, 11) is -3.99. The largest absolute Gasteiger partial charge is 0.329 e. The zero-order chi connectivity index (χ0) is 15.8. The molecule has 1 unspecified atom stereocenters. The first-order valence-corrected chi connectivity index (χ1v) is 7.86. The van der Waals surface area contributed by atoms with Crippen molar-refractivity contribution in [3.63, 3.8) is 0 Å². The van der Waals surface area contributed by atoms with Crippen LogP contribution in [-0.2, 0) is 10.0 Å². The van der Waals surface area contributed by atoms with Gasteiger partial charge in [-0.1, -0.05) is 0 Å². The van der Waals surface area contributed by atoms with E-state index in [9.17, 15) is 22.9 Å². The van der Waals surface area contributed by atoms with Crippen molar-refractivity contribution in [3.05, 3.63) is 34.1 Å². The van der Waals surface area contributed by atoms with Crippen LogP contribution >= 0.6 is 0 Å². The van der Waals surface area contributed by atoms with E-state index >= 15 is 0 Å². The van der Waals surface area contributed by atoms with Crippen LogP contribution in [-0.4, -0.2) is 25.4 Å². The summed E-state index contributed by atoms with van der Waals surface area (Å²) in [6.45, 7) is 1.82. The molecule has 0 saturated heterocycles. The number of benzene rings is 1. The first-order valence-electron chi connectivity index (χ1n) is 6.37. The molecule has 1 aromatic rings. The second-order valence-corrected chi connectivity index (χ2v) is 7.05. The van der Waals surface area contributed by atoms with Gasteiger partial charge in [0.05, 0.1) is 9.82 Å². The third-order valence-electron chi connectivity index (χ3n) is 3.70. The number of rotatable bonds is 6. The summed E-state index contributed by atoms with van der Waals surface area (Å²) in [5, 5.41) is 10.5. The number of nitro groups is 1. The monoisotopic (exact) mass is 317 g/mol. The average molecular weight is 317 g/mol. The number of hydrogen-bond acceptors (Lipinski definition) is 5. The number of halogens is 1. The summed E-state index contributed by atoms with van der Waals surface area (Å²) >= 11 is 0.